The summed E-state index contributed by atoms with van der Waals surface area (Å²) < 4.78 is 3.73. The van der Waals surface area contributed by atoms with E-state index in [-0.39, 0.29) is 6.61 Å². The lowest BCUT2D eigenvalue weighted by Crippen LogP contribution is -2.26. The van der Waals surface area contributed by atoms with Crippen LogP contribution in [0.4, 0.5) is 0 Å². The van der Waals surface area contributed by atoms with Crippen LogP contribution in [-0.2, 0) is 19.7 Å². The Hall–Kier alpha value is -0.580. The summed E-state index contributed by atoms with van der Waals surface area (Å²) >= 11 is 5.81. The van der Waals surface area contributed by atoms with E-state index in [0.717, 1.165) is 24.6 Å². The third kappa shape index (κ3) is 1.33. The largest absolute Gasteiger partial charge is 0.390 e. The van der Waals surface area contributed by atoms with Crippen molar-refractivity contribution in [2.75, 3.05) is 6.54 Å². The Morgan fingerprint density at radius 1 is 1.58 bits per heavy atom. The molecule has 0 fully saturated rings. The molecule has 1 aliphatic heterocycles. The molecule has 1 aromatic heterocycles. The van der Waals surface area contributed by atoms with E-state index in [2.05, 4.69) is 4.98 Å². The normalized spacial score (nSPS) is 17.8. The molecular formula is C7H10ClN3O. The molecule has 1 aliphatic rings. The van der Waals surface area contributed by atoms with Gasteiger partial charge in [0.25, 0.3) is 0 Å². The zero-order valence-electron chi connectivity index (χ0n) is 6.57. The van der Waals surface area contributed by atoms with Crippen molar-refractivity contribution in [3.05, 3.63) is 17.7 Å². The quantitative estimate of drug-likeness (QED) is 0.645. The van der Waals surface area contributed by atoms with E-state index in [1.807, 2.05) is 10.8 Å². The summed E-state index contributed by atoms with van der Waals surface area (Å²) in [6, 6.07) is 0. The fraction of sp³-hybridized carbons (Fsp3) is 0.571. The average molecular weight is 188 g/mol. The number of halogens is 1. The van der Waals surface area contributed by atoms with Gasteiger partial charge in [-0.25, -0.2) is 9.40 Å². The second-order valence-corrected chi connectivity index (χ2v) is 3.32. The van der Waals surface area contributed by atoms with E-state index >= 15 is 0 Å². The van der Waals surface area contributed by atoms with Crippen LogP contribution in [-0.4, -0.2) is 25.6 Å². The van der Waals surface area contributed by atoms with Crippen LogP contribution in [0.5, 0.6) is 0 Å². The fourth-order valence-electron chi connectivity index (χ4n) is 1.36. The first-order valence-corrected chi connectivity index (χ1v) is 4.20. The van der Waals surface area contributed by atoms with Crippen LogP contribution in [0.3, 0.4) is 0 Å². The molecule has 0 spiro atoms. The number of hydrogen-bond donors (Lipinski definition) is 1. The average Bonchev–Trinajstić information content (AvgIpc) is 2.46. The highest BCUT2D eigenvalue weighted by atomic mass is 35.5. The SMILES string of the molecule is OCc1cn2c(n1)CN(Cl)CC2. The van der Waals surface area contributed by atoms with Crippen molar-refractivity contribution >= 4 is 11.8 Å². The van der Waals surface area contributed by atoms with Crippen LogP contribution >= 0.6 is 11.8 Å². The predicted molar refractivity (Wildman–Crippen MR) is 44.4 cm³/mol. The molecule has 0 aromatic carbocycles. The van der Waals surface area contributed by atoms with Gasteiger partial charge in [0.2, 0.25) is 0 Å². The van der Waals surface area contributed by atoms with Crippen LogP contribution < -0.4 is 0 Å². The highest BCUT2D eigenvalue weighted by Crippen LogP contribution is 2.13. The Kier molecular flexibility index (Phi) is 2.04. The first-order chi connectivity index (χ1) is 5.79. The zero-order chi connectivity index (χ0) is 8.55. The van der Waals surface area contributed by atoms with Crippen molar-refractivity contribution in [1.82, 2.24) is 14.0 Å². The minimum atomic E-state index is 0.00227. The molecule has 66 valence electrons. The smallest absolute Gasteiger partial charge is 0.124 e. The maximum Gasteiger partial charge on any atom is 0.124 e. The lowest BCUT2D eigenvalue weighted by Gasteiger charge is -2.20. The minimum absolute atomic E-state index is 0.00227. The summed E-state index contributed by atoms with van der Waals surface area (Å²) in [6.07, 6.45) is 1.87. The number of aliphatic hydroxyl groups excluding tert-OH is 1. The van der Waals surface area contributed by atoms with Gasteiger partial charge in [-0.2, -0.15) is 0 Å². The van der Waals surface area contributed by atoms with Crippen molar-refractivity contribution in [1.29, 1.82) is 0 Å². The third-order valence-electron chi connectivity index (χ3n) is 1.97. The molecule has 0 amide bonds. The number of hydrogen-bond acceptors (Lipinski definition) is 3. The number of aromatic nitrogens is 2. The first-order valence-electron chi connectivity index (χ1n) is 3.86. The maximum atomic E-state index is 8.83. The van der Waals surface area contributed by atoms with Gasteiger partial charge < -0.3 is 9.67 Å². The van der Waals surface area contributed by atoms with Gasteiger partial charge in [-0.3, -0.25) is 0 Å². The Labute approximate surface area is 75.5 Å². The predicted octanol–water partition coefficient (Wildman–Crippen LogP) is 0.345. The molecule has 5 heteroatoms. The summed E-state index contributed by atoms with van der Waals surface area (Å²) in [5, 5.41) is 8.83. The molecule has 0 unspecified atom stereocenters. The second kappa shape index (κ2) is 3.05. The number of fused-ring (bicyclic) bond motifs is 1. The van der Waals surface area contributed by atoms with E-state index in [0.29, 0.717) is 6.54 Å². The summed E-state index contributed by atoms with van der Waals surface area (Å²) in [7, 11) is 0. The van der Waals surface area contributed by atoms with Gasteiger partial charge >= 0.3 is 0 Å². The minimum Gasteiger partial charge on any atom is -0.390 e. The molecule has 1 N–H and O–H groups in total. The van der Waals surface area contributed by atoms with Gasteiger partial charge in [-0.05, 0) is 11.8 Å². The third-order valence-corrected chi connectivity index (χ3v) is 2.26. The van der Waals surface area contributed by atoms with Gasteiger partial charge in [-0.1, -0.05) is 0 Å². The van der Waals surface area contributed by atoms with Gasteiger partial charge in [0.15, 0.2) is 0 Å². The van der Waals surface area contributed by atoms with E-state index in [1.54, 1.807) is 4.42 Å². The van der Waals surface area contributed by atoms with E-state index in [1.165, 1.54) is 0 Å². The van der Waals surface area contributed by atoms with Crippen molar-refractivity contribution in [2.45, 2.75) is 19.7 Å². The summed E-state index contributed by atoms with van der Waals surface area (Å²) in [6.45, 7) is 2.34. The number of aliphatic hydroxyl groups is 1. The molecular weight excluding hydrogens is 178 g/mol. The van der Waals surface area contributed by atoms with Crippen LogP contribution in [0.1, 0.15) is 11.5 Å². The zero-order valence-corrected chi connectivity index (χ0v) is 7.33. The van der Waals surface area contributed by atoms with E-state index < -0.39 is 0 Å². The summed E-state index contributed by atoms with van der Waals surface area (Å²) in [5.41, 5.74) is 0.719. The van der Waals surface area contributed by atoms with Gasteiger partial charge in [0.1, 0.15) is 5.82 Å². The van der Waals surface area contributed by atoms with Gasteiger partial charge in [0.05, 0.1) is 18.8 Å². The second-order valence-electron chi connectivity index (χ2n) is 2.84. The Bertz CT molecular complexity index is 286. The van der Waals surface area contributed by atoms with Crippen LogP contribution in [0, 0.1) is 0 Å². The van der Waals surface area contributed by atoms with Crippen LogP contribution in [0.2, 0.25) is 0 Å². The van der Waals surface area contributed by atoms with Gasteiger partial charge in [-0.15, -0.1) is 0 Å². The molecule has 0 saturated carbocycles. The van der Waals surface area contributed by atoms with E-state index in [9.17, 15) is 0 Å². The molecule has 12 heavy (non-hydrogen) atoms. The Balaban J connectivity index is 2.28. The summed E-state index contributed by atoms with van der Waals surface area (Å²) in [4.78, 5) is 4.21. The highest BCUT2D eigenvalue weighted by Gasteiger charge is 2.16. The van der Waals surface area contributed by atoms with E-state index in [4.69, 9.17) is 16.9 Å². The van der Waals surface area contributed by atoms with Crippen LogP contribution in [0.15, 0.2) is 6.20 Å². The van der Waals surface area contributed by atoms with Gasteiger partial charge in [0, 0.05) is 19.3 Å². The van der Waals surface area contributed by atoms with Crippen molar-refractivity contribution < 1.29 is 5.11 Å². The first kappa shape index (κ1) is 8.04. The molecule has 0 aliphatic carbocycles. The number of imidazole rings is 1. The molecule has 2 heterocycles. The summed E-state index contributed by atoms with van der Waals surface area (Å²) in [5.74, 6) is 0.931. The Morgan fingerprint density at radius 2 is 2.42 bits per heavy atom. The lowest BCUT2D eigenvalue weighted by molar-refractivity contribution is 0.277. The molecule has 0 saturated heterocycles. The van der Waals surface area contributed by atoms with Crippen LogP contribution in [0.25, 0.3) is 0 Å². The maximum absolute atomic E-state index is 8.83. The van der Waals surface area contributed by atoms with Crippen molar-refractivity contribution in [3.8, 4) is 0 Å². The molecule has 0 radical (unpaired) electrons. The molecule has 0 atom stereocenters. The topological polar surface area (TPSA) is 41.3 Å². The number of nitrogens with zero attached hydrogens (tertiary/aromatic N) is 3. The Morgan fingerprint density at radius 3 is 3.17 bits per heavy atom. The highest BCUT2D eigenvalue weighted by molar-refractivity contribution is 6.13. The van der Waals surface area contributed by atoms with Crippen molar-refractivity contribution in [3.63, 3.8) is 0 Å². The molecule has 0 bridgehead atoms. The molecule has 4 nitrogen and oxygen atoms in total. The lowest BCUT2D eigenvalue weighted by atomic mass is 10.4. The molecule has 1 aromatic rings. The van der Waals surface area contributed by atoms with Crippen molar-refractivity contribution in [2.24, 2.45) is 0 Å². The molecule has 2 rings (SSSR count). The standard InChI is InChI=1S/C7H10ClN3O/c8-11-2-1-10-3-6(5-12)9-7(10)4-11/h3,12H,1-2,4-5H2. The monoisotopic (exact) mass is 187 g/mol. The number of rotatable bonds is 1. The fourth-order valence-corrected chi connectivity index (χ4v) is 1.54.